The lowest BCUT2D eigenvalue weighted by Gasteiger charge is -2.31. The minimum Gasteiger partial charge on any atom is -0.480 e. The van der Waals surface area contributed by atoms with Crippen molar-refractivity contribution in [2.45, 2.75) is 45.1 Å². The smallest absolute Gasteiger partial charge is 0.320 e. The summed E-state index contributed by atoms with van der Waals surface area (Å²) in [6.45, 7) is 4.63. The third-order valence-electron chi connectivity index (χ3n) is 3.63. The highest BCUT2D eigenvalue weighted by Gasteiger charge is 2.29. The summed E-state index contributed by atoms with van der Waals surface area (Å²) >= 11 is 0. The zero-order chi connectivity index (χ0) is 15.4. The molecule has 1 fully saturated rings. The molecule has 116 valence electrons. The van der Waals surface area contributed by atoms with Crippen LogP contribution < -0.4 is 5.32 Å². The van der Waals surface area contributed by atoms with E-state index in [0.717, 1.165) is 18.5 Å². The van der Waals surface area contributed by atoms with E-state index in [0.29, 0.717) is 18.8 Å². The summed E-state index contributed by atoms with van der Waals surface area (Å²) in [6, 6.07) is 1.11. The summed E-state index contributed by atoms with van der Waals surface area (Å²) in [5, 5.41) is 15.7. The monoisotopic (exact) mass is 295 g/mol. The maximum atomic E-state index is 12.0. The number of piperidine rings is 1. The first-order valence-corrected chi connectivity index (χ1v) is 7.20. The molecule has 2 rings (SSSR count). The van der Waals surface area contributed by atoms with Gasteiger partial charge in [-0.3, -0.25) is 19.8 Å². The number of amides is 1. The molecule has 1 aliphatic rings. The number of hydrogen-bond acceptors (Lipinski definition) is 5. The number of rotatable bonds is 5. The topological polar surface area (TPSA) is 95.7 Å². The van der Waals surface area contributed by atoms with Crippen LogP contribution in [0.2, 0.25) is 0 Å². The Morgan fingerprint density at radius 1 is 1.52 bits per heavy atom. The summed E-state index contributed by atoms with van der Waals surface area (Å²) in [6.07, 6.45) is 2.38. The molecule has 1 aromatic rings. The molecule has 1 saturated heterocycles. The molecular weight excluding hydrogens is 274 g/mol. The van der Waals surface area contributed by atoms with Crippen molar-refractivity contribution in [2.24, 2.45) is 0 Å². The van der Waals surface area contributed by atoms with Gasteiger partial charge in [-0.1, -0.05) is 25.4 Å². The average molecular weight is 295 g/mol. The van der Waals surface area contributed by atoms with E-state index >= 15 is 0 Å². The van der Waals surface area contributed by atoms with Gasteiger partial charge < -0.3 is 9.63 Å². The maximum Gasteiger partial charge on any atom is 0.320 e. The molecule has 1 aliphatic heterocycles. The van der Waals surface area contributed by atoms with Crippen LogP contribution in [-0.4, -0.2) is 46.2 Å². The molecule has 2 N–H and O–H groups in total. The predicted octanol–water partition coefficient (Wildman–Crippen LogP) is 1.68. The minimum absolute atomic E-state index is 0.0503. The lowest BCUT2D eigenvalue weighted by molar-refractivity contribution is -0.145. The summed E-state index contributed by atoms with van der Waals surface area (Å²) in [5.74, 6) is -0.635. The van der Waals surface area contributed by atoms with Crippen molar-refractivity contribution in [1.82, 2.24) is 10.1 Å². The van der Waals surface area contributed by atoms with Crippen molar-refractivity contribution in [3.8, 4) is 0 Å². The largest absolute Gasteiger partial charge is 0.480 e. The SMILES string of the molecule is CC(C)c1cc(NC(=O)CN2CCCCC2C(=O)O)on1. The Labute approximate surface area is 123 Å². The Kier molecular flexibility index (Phi) is 4.95. The number of aromatic nitrogens is 1. The zero-order valence-corrected chi connectivity index (χ0v) is 12.3. The van der Waals surface area contributed by atoms with E-state index in [1.807, 2.05) is 13.8 Å². The normalized spacial score (nSPS) is 19.7. The molecule has 2 heterocycles. The average Bonchev–Trinajstić information content (AvgIpc) is 2.87. The van der Waals surface area contributed by atoms with E-state index < -0.39 is 12.0 Å². The molecular formula is C14H21N3O4. The predicted molar refractivity (Wildman–Crippen MR) is 76.1 cm³/mol. The highest BCUT2D eigenvalue weighted by Crippen LogP contribution is 2.19. The van der Waals surface area contributed by atoms with Crippen molar-refractivity contribution in [1.29, 1.82) is 0 Å². The molecule has 0 saturated carbocycles. The van der Waals surface area contributed by atoms with Gasteiger partial charge >= 0.3 is 5.97 Å². The highest BCUT2D eigenvalue weighted by molar-refractivity contribution is 5.91. The van der Waals surface area contributed by atoms with Gasteiger partial charge in [0.05, 0.1) is 12.2 Å². The van der Waals surface area contributed by atoms with Crippen LogP contribution in [0, 0.1) is 0 Å². The van der Waals surface area contributed by atoms with Gasteiger partial charge in [0, 0.05) is 6.07 Å². The molecule has 0 bridgehead atoms. The first-order chi connectivity index (χ1) is 9.97. The van der Waals surface area contributed by atoms with E-state index in [1.54, 1.807) is 11.0 Å². The van der Waals surface area contributed by atoms with Crippen molar-refractivity contribution >= 4 is 17.8 Å². The summed E-state index contributed by atoms with van der Waals surface area (Å²) in [5.41, 5.74) is 0.770. The fourth-order valence-electron chi connectivity index (χ4n) is 2.44. The lowest BCUT2D eigenvalue weighted by atomic mass is 10.0. The number of carboxylic acids is 1. The Hall–Kier alpha value is -1.89. The van der Waals surface area contributed by atoms with Gasteiger partial charge in [0.15, 0.2) is 0 Å². The fourth-order valence-corrected chi connectivity index (χ4v) is 2.44. The second-order valence-electron chi connectivity index (χ2n) is 5.64. The molecule has 1 amide bonds. The number of nitrogens with one attached hydrogen (secondary N) is 1. The molecule has 7 heteroatoms. The van der Waals surface area contributed by atoms with Gasteiger partial charge in [-0.15, -0.1) is 0 Å². The quantitative estimate of drug-likeness (QED) is 0.858. The van der Waals surface area contributed by atoms with Crippen LogP contribution in [0.1, 0.15) is 44.7 Å². The minimum atomic E-state index is -0.871. The van der Waals surface area contributed by atoms with Gasteiger partial charge in [-0.05, 0) is 25.3 Å². The molecule has 0 radical (unpaired) electrons. The summed E-state index contributed by atoms with van der Waals surface area (Å²) in [7, 11) is 0. The summed E-state index contributed by atoms with van der Waals surface area (Å²) in [4.78, 5) is 24.9. The number of aliphatic carboxylic acids is 1. The molecule has 1 atom stereocenters. The number of carbonyl (C=O) groups is 2. The Bertz CT molecular complexity index is 512. The van der Waals surface area contributed by atoms with E-state index in [-0.39, 0.29) is 18.4 Å². The van der Waals surface area contributed by atoms with Crippen LogP contribution >= 0.6 is 0 Å². The van der Waals surface area contributed by atoms with Crippen LogP contribution in [0.25, 0.3) is 0 Å². The fraction of sp³-hybridized carbons (Fsp3) is 0.643. The third kappa shape index (κ3) is 4.04. The molecule has 0 aromatic carbocycles. The van der Waals surface area contributed by atoms with Crippen LogP contribution in [0.4, 0.5) is 5.88 Å². The number of likely N-dealkylation sites (tertiary alicyclic amines) is 1. The maximum absolute atomic E-state index is 12.0. The highest BCUT2D eigenvalue weighted by atomic mass is 16.5. The third-order valence-corrected chi connectivity index (χ3v) is 3.63. The number of nitrogens with zero attached hydrogens (tertiary/aromatic N) is 2. The van der Waals surface area contributed by atoms with E-state index in [4.69, 9.17) is 4.52 Å². The van der Waals surface area contributed by atoms with E-state index in [2.05, 4.69) is 10.5 Å². The van der Waals surface area contributed by atoms with Gasteiger partial charge in [0.2, 0.25) is 11.8 Å². The van der Waals surface area contributed by atoms with Crippen molar-refractivity contribution in [2.75, 3.05) is 18.4 Å². The molecule has 21 heavy (non-hydrogen) atoms. The van der Waals surface area contributed by atoms with Gasteiger partial charge in [-0.25, -0.2) is 0 Å². The summed E-state index contributed by atoms with van der Waals surface area (Å²) < 4.78 is 5.04. The van der Waals surface area contributed by atoms with E-state index in [9.17, 15) is 14.7 Å². The number of hydrogen-bond donors (Lipinski definition) is 2. The van der Waals surface area contributed by atoms with E-state index in [1.165, 1.54) is 0 Å². The Balaban J connectivity index is 1.92. The number of carboxylic acid groups (broad SMARTS) is 1. The number of carbonyl (C=O) groups excluding carboxylic acids is 1. The lowest BCUT2D eigenvalue weighted by Crippen LogP contribution is -2.47. The standard InChI is InChI=1S/C14H21N3O4/c1-9(2)10-7-13(21-16-10)15-12(18)8-17-6-4-3-5-11(17)14(19)20/h7,9,11H,3-6,8H2,1-2H3,(H,15,18)(H,19,20). The Morgan fingerprint density at radius 3 is 2.90 bits per heavy atom. The first-order valence-electron chi connectivity index (χ1n) is 7.20. The second-order valence-corrected chi connectivity index (χ2v) is 5.64. The molecule has 0 spiro atoms. The van der Waals surface area contributed by atoms with Gasteiger partial charge in [0.25, 0.3) is 0 Å². The van der Waals surface area contributed by atoms with Crippen LogP contribution in [0.3, 0.4) is 0 Å². The first kappa shape index (κ1) is 15.5. The van der Waals surface area contributed by atoms with Crippen LogP contribution in [0.15, 0.2) is 10.6 Å². The molecule has 1 unspecified atom stereocenters. The molecule has 1 aromatic heterocycles. The van der Waals surface area contributed by atoms with Gasteiger partial charge in [0.1, 0.15) is 6.04 Å². The van der Waals surface area contributed by atoms with Crippen molar-refractivity contribution in [3.05, 3.63) is 11.8 Å². The molecule has 7 nitrogen and oxygen atoms in total. The molecule has 0 aliphatic carbocycles. The number of anilines is 1. The van der Waals surface area contributed by atoms with Gasteiger partial charge in [-0.2, -0.15) is 0 Å². The Morgan fingerprint density at radius 2 is 2.29 bits per heavy atom. The van der Waals surface area contributed by atoms with Crippen LogP contribution in [0.5, 0.6) is 0 Å². The zero-order valence-electron chi connectivity index (χ0n) is 12.3. The van der Waals surface area contributed by atoms with Crippen molar-refractivity contribution < 1.29 is 19.2 Å². The van der Waals surface area contributed by atoms with Crippen molar-refractivity contribution in [3.63, 3.8) is 0 Å². The van der Waals surface area contributed by atoms with Crippen LogP contribution in [-0.2, 0) is 9.59 Å². The second kappa shape index (κ2) is 6.71.